The van der Waals surface area contributed by atoms with Gasteiger partial charge in [-0.2, -0.15) is 0 Å². The minimum absolute atomic E-state index is 0.00811. The molecule has 0 heterocycles. The van der Waals surface area contributed by atoms with Crippen LogP contribution in [0.1, 0.15) is 326 Å². The van der Waals surface area contributed by atoms with Crippen LogP contribution in [0.3, 0.4) is 0 Å². The molecule has 0 radical (unpaired) electrons. The molecule has 10 unspecified atom stereocenters. The molecule has 0 saturated heterocycles. The quantitative estimate of drug-likeness (QED) is 0.0194. The van der Waals surface area contributed by atoms with E-state index >= 15 is 0 Å². The first-order valence-corrected chi connectivity index (χ1v) is 59.2. The molecule has 714 valence electrons. The first kappa shape index (κ1) is 109. The van der Waals surface area contributed by atoms with E-state index in [0.29, 0.717) is 112 Å². The second-order valence-electron chi connectivity index (χ2n) is 46.3. The summed E-state index contributed by atoms with van der Waals surface area (Å²) in [7, 11) is -6.10. The van der Waals surface area contributed by atoms with Gasteiger partial charge in [-0.15, -0.1) is 0 Å². The minimum Gasteiger partial charge on any atom is -0.413 e. The molecule has 8 N–H and O–H groups in total. The smallest absolute Gasteiger partial charge is 0.192 e. The van der Waals surface area contributed by atoms with Crippen molar-refractivity contribution < 1.29 is 54.1 Å². The third-order valence-electron chi connectivity index (χ3n) is 35.3. The van der Waals surface area contributed by atoms with Gasteiger partial charge < -0.3 is 54.1 Å². The summed E-state index contributed by atoms with van der Waals surface area (Å²) in [5.41, 5.74) is 10.7. The molecule has 0 aliphatic heterocycles. The van der Waals surface area contributed by atoms with Crippen LogP contribution >= 0.6 is 0 Å². The maximum absolute atomic E-state index is 10.5. The first-order valence-electron chi connectivity index (χ1n) is 50.5. The predicted molar refractivity (Wildman–Crippen MR) is 543 cm³/mol. The standard InChI is InChI=1S/C50H92O3Si3.2C31H48O4/c1-21-49(13,22-2)33-24-23-26-38(3)42-30-31-43-40(27-25-34-50(42,43)14)29-28-39-36-44(52-55(17,18)47(7,8)9)41(32-35-51-54(15,16)46(4,5)6)45(37-39)53-56(19,20)48(10,11)12;2*1-5-31(35,6-2)18-8-7-10-22(3)26-14-15-27-24(11-9-17-30(26,27)4)13-12-23-20-28(33)25(16-19-32)29(34)21-23/h23-24,26,28-29,32-33,38,42-45H,21-22,25,27,30-31,34-37H2,1-20H3;2*7-8,10,12-13,16,18,22,26-29,32-35H,5-6,9,11,14-15,17,19-21H2,1-4H3/b26-23+,33-24+,39-28?,40-29+,41-32?;2*10-7+,18-8+,23-12?,24-13+,25-16?/t38-,42?,43?,44-,45?,50?;2*22-,26?,27?,28-,29-,30?/m111/s1. The third kappa shape index (κ3) is 28.0. The van der Waals surface area contributed by atoms with Crippen LogP contribution in [0.4, 0.5) is 0 Å². The lowest BCUT2D eigenvalue weighted by Crippen LogP contribution is -2.50. The van der Waals surface area contributed by atoms with Crippen LogP contribution in [0.2, 0.25) is 54.4 Å². The topological polar surface area (TPSA) is 190 Å². The van der Waals surface area contributed by atoms with Gasteiger partial charge in [0, 0.05) is 0 Å². The monoisotopic (exact) mass is 1790 g/mol. The van der Waals surface area contributed by atoms with Crippen molar-refractivity contribution in [2.75, 3.05) is 19.8 Å². The van der Waals surface area contributed by atoms with Gasteiger partial charge in [0.2, 0.25) is 0 Å². The van der Waals surface area contributed by atoms with Crippen molar-refractivity contribution >= 4 is 25.0 Å². The summed E-state index contributed by atoms with van der Waals surface area (Å²) in [6, 6.07) is 0. The van der Waals surface area contributed by atoms with E-state index in [1.807, 2.05) is 52.0 Å². The Kier molecular flexibility index (Phi) is 40.4. The fraction of sp³-hybridized carbons (Fsp3) is 0.732. The Morgan fingerprint density at radius 2 is 0.675 bits per heavy atom. The van der Waals surface area contributed by atoms with Crippen molar-refractivity contribution in [1.82, 2.24) is 0 Å². The van der Waals surface area contributed by atoms with Gasteiger partial charge in [0.25, 0.3) is 0 Å². The maximum atomic E-state index is 10.5. The molecule has 0 bridgehead atoms. The van der Waals surface area contributed by atoms with Gasteiger partial charge in [-0.1, -0.05) is 313 Å². The van der Waals surface area contributed by atoms with Gasteiger partial charge >= 0.3 is 0 Å². The highest BCUT2D eigenvalue weighted by atomic mass is 28.4. The van der Waals surface area contributed by atoms with Crippen molar-refractivity contribution in [3.63, 3.8) is 0 Å². The van der Waals surface area contributed by atoms with Crippen molar-refractivity contribution in [2.24, 2.45) is 74.9 Å². The van der Waals surface area contributed by atoms with Crippen molar-refractivity contribution in [2.45, 2.75) is 428 Å². The SMILES string of the molecule is CCC(C)(/C=C/C=C/[C@@H](C)C1CCC2/C(=C/C=C3CC(O[Si](C)(C)C(C)(C)C)C(=CCO[Si](C)(C)C(C)(C)C)[C@H](O[Si](C)(C)C(C)(C)C)C3)CCCC21C)CC.CCC(O)(/C=C/C=C/[C@@H](C)C1CCC2/C(=C/C=C3C[C@@H](O)C(=CCO)[C@H](O)C3)CCCC21C)CC.CCC(O)(/C=C/C=C/[C@@H](C)C1CCC2/C(=C/C=C3C[C@@H](O)C(=CCO)[C@H](O)C3)CCCC21C)CC. The van der Waals surface area contributed by atoms with E-state index in [2.05, 4.69) is 255 Å². The molecule has 0 aromatic carbocycles. The number of aliphatic hydroxyl groups excluding tert-OH is 6. The van der Waals surface area contributed by atoms with Crippen LogP contribution in [-0.4, -0.2) is 133 Å². The van der Waals surface area contributed by atoms with E-state index < -0.39 is 60.6 Å². The largest absolute Gasteiger partial charge is 0.413 e. The zero-order valence-electron chi connectivity index (χ0n) is 85.3. The molecule has 11 nitrogen and oxygen atoms in total. The average molecular weight is 1790 g/mol. The van der Waals surface area contributed by atoms with Crippen LogP contribution in [0.5, 0.6) is 0 Å². The Balaban J connectivity index is 0.000000271. The molecule has 14 heteroatoms. The van der Waals surface area contributed by atoms with E-state index in [0.717, 1.165) is 68.4 Å². The van der Waals surface area contributed by atoms with Crippen LogP contribution in [0.25, 0.3) is 0 Å². The fourth-order valence-corrected chi connectivity index (χ4v) is 26.3. The lowest BCUT2D eigenvalue weighted by atomic mass is 9.61. The van der Waals surface area contributed by atoms with Gasteiger partial charge in [0.15, 0.2) is 25.0 Å². The zero-order chi connectivity index (χ0) is 94.0. The third-order valence-corrected chi connectivity index (χ3v) is 48.8. The van der Waals surface area contributed by atoms with Crippen molar-refractivity contribution in [3.8, 4) is 0 Å². The molecule has 0 spiro atoms. The Morgan fingerprint density at radius 3 is 0.952 bits per heavy atom. The molecule has 9 saturated carbocycles. The molecule has 126 heavy (non-hydrogen) atoms. The molecular weight excluding hydrogens is 1610 g/mol. The zero-order valence-corrected chi connectivity index (χ0v) is 88.3. The highest BCUT2D eigenvalue weighted by Crippen LogP contribution is 2.63. The van der Waals surface area contributed by atoms with E-state index in [-0.39, 0.29) is 40.5 Å². The predicted octanol–water partition coefficient (Wildman–Crippen LogP) is 27.7. The maximum Gasteiger partial charge on any atom is 0.192 e. The van der Waals surface area contributed by atoms with E-state index in [1.54, 1.807) is 5.57 Å². The lowest BCUT2D eigenvalue weighted by molar-refractivity contribution is 0.0824. The number of hydrogen-bond donors (Lipinski definition) is 8. The molecule has 0 aromatic rings. The van der Waals surface area contributed by atoms with Crippen LogP contribution in [-0.2, 0) is 13.3 Å². The molecule has 0 aromatic heterocycles. The minimum atomic E-state index is -2.09. The van der Waals surface area contributed by atoms with Crippen LogP contribution in [0.15, 0.2) is 178 Å². The Morgan fingerprint density at radius 1 is 0.381 bits per heavy atom. The van der Waals surface area contributed by atoms with Crippen molar-refractivity contribution in [1.29, 1.82) is 0 Å². The summed E-state index contributed by atoms with van der Waals surface area (Å²) in [6.45, 7) is 65.8. The lowest BCUT2D eigenvalue weighted by Gasteiger charge is -2.46. The number of hydrogen-bond acceptors (Lipinski definition) is 11. The normalized spacial score (nSPS) is 32.0. The number of fused-ring (bicyclic) bond motifs is 3. The second-order valence-corrected chi connectivity index (χ2v) is 60.7. The molecule has 9 rings (SSSR count). The fourth-order valence-electron chi connectivity index (χ4n) is 22.8. The molecular formula is C112H188O11Si3. The van der Waals surface area contributed by atoms with Crippen molar-refractivity contribution in [3.05, 3.63) is 178 Å². The van der Waals surface area contributed by atoms with Crippen LogP contribution in [0, 0.1) is 74.9 Å². The molecule has 9 fully saturated rings. The summed E-state index contributed by atoms with van der Waals surface area (Å²) in [4.78, 5) is 0. The number of rotatable bonds is 30. The summed E-state index contributed by atoms with van der Waals surface area (Å²) >= 11 is 0. The molecule has 0 amide bonds. The average Bonchev–Trinajstić information content (AvgIpc) is 1.60. The molecule has 9 aliphatic carbocycles. The number of aliphatic hydroxyl groups is 8. The van der Waals surface area contributed by atoms with E-state index in [9.17, 15) is 30.6 Å². The summed E-state index contributed by atoms with van der Waals surface area (Å²) < 4.78 is 21.7. The highest BCUT2D eigenvalue weighted by Gasteiger charge is 2.54. The molecule has 9 aliphatic rings. The van der Waals surface area contributed by atoms with Gasteiger partial charge in [-0.3, -0.25) is 0 Å². The summed E-state index contributed by atoms with van der Waals surface area (Å²) in [6.07, 6.45) is 71.1. The summed E-state index contributed by atoms with van der Waals surface area (Å²) in [5.74, 6) is 5.47. The Bertz CT molecular complexity index is 3740. The highest BCUT2D eigenvalue weighted by molar-refractivity contribution is 6.75. The summed E-state index contributed by atoms with van der Waals surface area (Å²) in [5, 5.41) is 81.2. The van der Waals surface area contributed by atoms with Gasteiger partial charge in [0.05, 0.1) is 67.6 Å². The molecule has 18 atom stereocenters. The second kappa shape index (κ2) is 46.5. The van der Waals surface area contributed by atoms with E-state index in [4.69, 9.17) is 23.5 Å². The van der Waals surface area contributed by atoms with Gasteiger partial charge in [-0.05, 0) is 319 Å². The van der Waals surface area contributed by atoms with Gasteiger partial charge in [-0.25, -0.2) is 0 Å². The number of allylic oxidation sites excluding steroid dienone is 19. The van der Waals surface area contributed by atoms with E-state index in [1.165, 1.54) is 131 Å². The Hall–Kier alpha value is -3.69. The Labute approximate surface area is 774 Å². The first-order chi connectivity index (χ1) is 58.8. The van der Waals surface area contributed by atoms with Gasteiger partial charge in [0.1, 0.15) is 0 Å². The van der Waals surface area contributed by atoms with Crippen LogP contribution < -0.4 is 0 Å².